The molecule has 0 aliphatic rings. The Labute approximate surface area is 136 Å². The van der Waals surface area contributed by atoms with Crippen LogP contribution in [-0.4, -0.2) is 11.8 Å². The van der Waals surface area contributed by atoms with Crippen molar-refractivity contribution in [1.82, 2.24) is 10.6 Å². The van der Waals surface area contributed by atoms with Crippen LogP contribution in [0.1, 0.15) is 43.5 Å². The molecule has 0 saturated heterocycles. The van der Waals surface area contributed by atoms with E-state index in [1.165, 1.54) is 0 Å². The zero-order valence-corrected chi connectivity index (χ0v) is 13.5. The fourth-order valence-corrected chi connectivity index (χ4v) is 2.38. The minimum Gasteiger partial charge on any atom is -0.349 e. The van der Waals surface area contributed by atoms with Gasteiger partial charge in [-0.3, -0.25) is 9.59 Å². The average Bonchev–Trinajstić information content (AvgIpc) is 2.56. The van der Waals surface area contributed by atoms with Gasteiger partial charge in [-0.15, -0.1) is 0 Å². The maximum Gasteiger partial charge on any atom is 0.229 e. The van der Waals surface area contributed by atoms with Crippen LogP contribution in [0.25, 0.3) is 0 Å². The minimum absolute atomic E-state index is 0.122. The van der Waals surface area contributed by atoms with E-state index in [0.29, 0.717) is 0 Å². The molecule has 4 nitrogen and oxygen atoms in total. The van der Waals surface area contributed by atoms with Crippen molar-refractivity contribution < 1.29 is 9.59 Å². The van der Waals surface area contributed by atoms with Gasteiger partial charge >= 0.3 is 0 Å². The second-order valence-electron chi connectivity index (χ2n) is 5.58. The summed E-state index contributed by atoms with van der Waals surface area (Å²) >= 11 is 0. The van der Waals surface area contributed by atoms with Gasteiger partial charge in [-0.1, -0.05) is 60.7 Å². The average molecular weight is 310 g/mol. The molecular formula is C19H22N2O2. The van der Waals surface area contributed by atoms with E-state index in [4.69, 9.17) is 0 Å². The summed E-state index contributed by atoms with van der Waals surface area (Å²) in [4.78, 5) is 24.0. The first kappa shape index (κ1) is 16.7. The van der Waals surface area contributed by atoms with E-state index in [9.17, 15) is 9.59 Å². The topological polar surface area (TPSA) is 58.2 Å². The van der Waals surface area contributed by atoms with E-state index >= 15 is 0 Å². The Morgan fingerprint density at radius 2 is 1.09 bits per heavy atom. The molecule has 0 saturated carbocycles. The summed E-state index contributed by atoms with van der Waals surface area (Å²) in [5, 5.41) is 5.68. The number of carbonyl (C=O) groups excluding carboxylic acids is 2. The SMILES string of the molecule is C[C@@H](NC(=O)CC(=O)N[C@H](C)c1ccccc1)c1ccccc1. The first-order valence-electron chi connectivity index (χ1n) is 7.75. The van der Waals surface area contributed by atoms with Crippen LogP contribution in [0, 0.1) is 0 Å². The fourth-order valence-electron chi connectivity index (χ4n) is 2.38. The lowest BCUT2D eigenvalue weighted by molar-refractivity contribution is -0.129. The standard InChI is InChI=1S/C19H22N2O2/c1-14(16-9-5-3-6-10-16)20-18(22)13-19(23)21-15(2)17-11-7-4-8-12-17/h3-12,14-15H,13H2,1-2H3,(H,20,22)(H,21,23)/t14-,15-/m1/s1. The molecule has 4 heteroatoms. The molecule has 23 heavy (non-hydrogen) atoms. The summed E-state index contributed by atoms with van der Waals surface area (Å²) in [6.45, 7) is 3.80. The molecule has 0 aliphatic carbocycles. The molecule has 0 radical (unpaired) electrons. The van der Waals surface area contributed by atoms with Gasteiger partial charge in [0.15, 0.2) is 0 Å². The second-order valence-corrected chi connectivity index (χ2v) is 5.58. The molecule has 0 aromatic heterocycles. The molecule has 0 spiro atoms. The quantitative estimate of drug-likeness (QED) is 0.805. The van der Waals surface area contributed by atoms with Crippen molar-refractivity contribution >= 4 is 11.8 Å². The van der Waals surface area contributed by atoms with Gasteiger partial charge in [-0.2, -0.15) is 0 Å². The van der Waals surface area contributed by atoms with E-state index in [-0.39, 0.29) is 30.3 Å². The lowest BCUT2D eigenvalue weighted by Crippen LogP contribution is -2.34. The Balaban J connectivity index is 1.82. The molecule has 0 heterocycles. The van der Waals surface area contributed by atoms with Gasteiger partial charge in [0.25, 0.3) is 0 Å². The van der Waals surface area contributed by atoms with Crippen LogP contribution in [0.2, 0.25) is 0 Å². The third-order valence-corrected chi connectivity index (χ3v) is 3.68. The summed E-state index contributed by atoms with van der Waals surface area (Å²) in [5.41, 5.74) is 2.03. The first-order chi connectivity index (χ1) is 11.1. The molecule has 2 aromatic rings. The molecule has 2 amide bonds. The highest BCUT2D eigenvalue weighted by atomic mass is 16.2. The summed E-state index contributed by atoms with van der Waals surface area (Å²) in [5.74, 6) is -0.557. The van der Waals surface area contributed by atoms with Crippen molar-refractivity contribution in [1.29, 1.82) is 0 Å². The lowest BCUT2D eigenvalue weighted by Gasteiger charge is -2.16. The van der Waals surface area contributed by atoms with E-state index in [1.54, 1.807) is 0 Å². The molecule has 0 bridgehead atoms. The van der Waals surface area contributed by atoms with Gasteiger partial charge in [-0.25, -0.2) is 0 Å². The van der Waals surface area contributed by atoms with Gasteiger partial charge in [-0.05, 0) is 25.0 Å². The predicted octanol–water partition coefficient (Wildman–Crippen LogP) is 3.13. The Hall–Kier alpha value is -2.62. The third-order valence-electron chi connectivity index (χ3n) is 3.68. The van der Waals surface area contributed by atoms with Gasteiger partial charge in [0, 0.05) is 0 Å². The number of benzene rings is 2. The number of amides is 2. The lowest BCUT2D eigenvalue weighted by atomic mass is 10.1. The molecule has 0 fully saturated rings. The van der Waals surface area contributed by atoms with Crippen molar-refractivity contribution in [3.8, 4) is 0 Å². The van der Waals surface area contributed by atoms with E-state index in [1.807, 2.05) is 74.5 Å². The number of hydrogen-bond acceptors (Lipinski definition) is 2. The number of carbonyl (C=O) groups is 2. The van der Waals surface area contributed by atoms with Crippen LogP contribution < -0.4 is 10.6 Å². The summed E-state index contributed by atoms with van der Waals surface area (Å²) in [7, 11) is 0. The molecule has 2 N–H and O–H groups in total. The molecule has 2 atom stereocenters. The van der Waals surface area contributed by atoms with E-state index < -0.39 is 0 Å². The highest BCUT2D eigenvalue weighted by molar-refractivity contribution is 5.97. The normalized spacial score (nSPS) is 13.0. The van der Waals surface area contributed by atoms with Crippen LogP contribution in [0.15, 0.2) is 60.7 Å². The van der Waals surface area contributed by atoms with Crippen molar-refractivity contribution in [3.05, 3.63) is 71.8 Å². The zero-order chi connectivity index (χ0) is 16.7. The minimum atomic E-state index is -0.279. The van der Waals surface area contributed by atoms with Crippen LogP contribution in [-0.2, 0) is 9.59 Å². The molecule has 0 aliphatic heterocycles. The van der Waals surface area contributed by atoms with Crippen LogP contribution in [0.4, 0.5) is 0 Å². The highest BCUT2D eigenvalue weighted by Crippen LogP contribution is 2.12. The third kappa shape index (κ3) is 5.25. The Bertz CT molecular complexity index is 583. The monoisotopic (exact) mass is 310 g/mol. The molecule has 120 valence electrons. The van der Waals surface area contributed by atoms with E-state index in [2.05, 4.69) is 10.6 Å². The summed E-state index contributed by atoms with van der Waals surface area (Å²) in [6.07, 6.45) is -0.172. The summed E-state index contributed by atoms with van der Waals surface area (Å²) in [6, 6.07) is 19.1. The largest absolute Gasteiger partial charge is 0.349 e. The number of rotatable bonds is 6. The van der Waals surface area contributed by atoms with Gasteiger partial charge < -0.3 is 10.6 Å². The first-order valence-corrected chi connectivity index (χ1v) is 7.75. The highest BCUT2D eigenvalue weighted by Gasteiger charge is 2.15. The van der Waals surface area contributed by atoms with Gasteiger partial charge in [0.1, 0.15) is 6.42 Å². The van der Waals surface area contributed by atoms with Crippen LogP contribution in [0.3, 0.4) is 0 Å². The zero-order valence-electron chi connectivity index (χ0n) is 13.5. The molecule has 2 aromatic carbocycles. The molecular weight excluding hydrogens is 288 g/mol. The maximum absolute atomic E-state index is 12.0. The maximum atomic E-state index is 12.0. The van der Waals surface area contributed by atoms with Crippen LogP contribution >= 0.6 is 0 Å². The van der Waals surface area contributed by atoms with Crippen molar-refractivity contribution in [3.63, 3.8) is 0 Å². The number of nitrogens with one attached hydrogen (secondary N) is 2. The van der Waals surface area contributed by atoms with Gasteiger partial charge in [0.05, 0.1) is 12.1 Å². The Kier molecular flexibility index (Phi) is 5.92. The molecule has 2 rings (SSSR count). The van der Waals surface area contributed by atoms with Gasteiger partial charge in [0.2, 0.25) is 11.8 Å². The van der Waals surface area contributed by atoms with Crippen molar-refractivity contribution in [2.75, 3.05) is 0 Å². The summed E-state index contributed by atoms with van der Waals surface area (Å²) < 4.78 is 0. The smallest absolute Gasteiger partial charge is 0.229 e. The predicted molar refractivity (Wildman–Crippen MR) is 90.6 cm³/mol. The second kappa shape index (κ2) is 8.13. The fraction of sp³-hybridized carbons (Fsp3) is 0.263. The van der Waals surface area contributed by atoms with Crippen LogP contribution in [0.5, 0.6) is 0 Å². The molecule has 0 unspecified atom stereocenters. The van der Waals surface area contributed by atoms with Crippen molar-refractivity contribution in [2.45, 2.75) is 32.4 Å². The van der Waals surface area contributed by atoms with Crippen molar-refractivity contribution in [2.24, 2.45) is 0 Å². The van der Waals surface area contributed by atoms with E-state index in [0.717, 1.165) is 11.1 Å². The Morgan fingerprint density at radius 1 is 0.739 bits per heavy atom. The Morgan fingerprint density at radius 3 is 1.43 bits per heavy atom. The number of hydrogen-bond donors (Lipinski definition) is 2.